The second-order valence-corrected chi connectivity index (χ2v) is 11.8. The van der Waals surface area contributed by atoms with Gasteiger partial charge in [-0.2, -0.15) is 0 Å². The van der Waals surface area contributed by atoms with Crippen molar-refractivity contribution >= 4 is 34.2 Å². The smallest absolute Gasteiger partial charge is 0.229 e. The predicted molar refractivity (Wildman–Crippen MR) is 168 cm³/mol. The maximum Gasteiger partial charge on any atom is 0.229 e. The number of rotatable bonds is 7. The highest BCUT2D eigenvalue weighted by Crippen LogP contribution is 2.47. The molecule has 0 radical (unpaired) electrons. The number of amides is 2. The molecule has 3 aliphatic rings. The molecule has 3 unspecified atom stereocenters. The maximum absolute atomic E-state index is 13.8. The molecule has 0 spiro atoms. The van der Waals surface area contributed by atoms with Crippen LogP contribution in [0.1, 0.15) is 35.6 Å². The lowest BCUT2D eigenvalue weighted by molar-refractivity contribution is -0.134. The third-order valence-corrected chi connectivity index (χ3v) is 8.80. The van der Waals surface area contributed by atoms with Crippen molar-refractivity contribution in [2.45, 2.75) is 25.3 Å². The van der Waals surface area contributed by atoms with E-state index in [1.165, 1.54) is 12.1 Å². The van der Waals surface area contributed by atoms with Gasteiger partial charge in [0.25, 0.3) is 0 Å². The normalized spacial score (nSPS) is 21.2. The molecule has 44 heavy (non-hydrogen) atoms. The Hall–Kier alpha value is -4.76. The standard InChI is InChI=1S/C35H34FN5O3/c36-27-8-5-22(6-9-27)30-17-25(21-1-3-23(4-2-21)35(43)41-13-11-38-12-14-41)15-26-16-28(44-33(26)30)20-40-34(42)31-18-29(31)24-7-10-32(37)39-19-24/h1-3,5-10,15-17,19,23,29,31,38H,4,11-14,18,20H2,(H2,37,39)(H,40,42). The molecule has 3 atom stereocenters. The number of nitrogens with one attached hydrogen (secondary N) is 2. The summed E-state index contributed by atoms with van der Waals surface area (Å²) in [7, 11) is 0. The van der Waals surface area contributed by atoms with Gasteiger partial charge < -0.3 is 25.7 Å². The lowest BCUT2D eigenvalue weighted by Gasteiger charge is -2.30. The summed E-state index contributed by atoms with van der Waals surface area (Å²) >= 11 is 0. The Kier molecular flexibility index (Phi) is 7.47. The van der Waals surface area contributed by atoms with Crippen LogP contribution in [0.15, 0.2) is 83.4 Å². The first-order chi connectivity index (χ1) is 21.4. The number of hydrogen-bond donors (Lipinski definition) is 3. The third kappa shape index (κ3) is 5.75. The van der Waals surface area contributed by atoms with Gasteiger partial charge in [-0.1, -0.05) is 36.4 Å². The lowest BCUT2D eigenvalue weighted by atomic mass is 9.90. The zero-order valence-corrected chi connectivity index (χ0v) is 24.3. The summed E-state index contributed by atoms with van der Waals surface area (Å²) in [4.78, 5) is 32.0. The summed E-state index contributed by atoms with van der Waals surface area (Å²) in [6.45, 7) is 3.39. The van der Waals surface area contributed by atoms with Crippen molar-refractivity contribution in [1.82, 2.24) is 20.5 Å². The molecule has 224 valence electrons. The molecule has 2 fully saturated rings. The summed E-state index contributed by atoms with van der Waals surface area (Å²) in [5.41, 5.74) is 11.1. The van der Waals surface area contributed by atoms with Gasteiger partial charge in [-0.3, -0.25) is 9.59 Å². The number of nitrogens with zero attached hydrogens (tertiary/aromatic N) is 2. The number of furan rings is 1. The Bertz CT molecular complexity index is 1770. The summed E-state index contributed by atoms with van der Waals surface area (Å²) in [5, 5.41) is 7.21. The number of nitrogens with two attached hydrogens (primary N) is 1. The van der Waals surface area contributed by atoms with Crippen molar-refractivity contribution in [1.29, 1.82) is 0 Å². The van der Waals surface area contributed by atoms with Crippen molar-refractivity contribution in [3.8, 4) is 11.1 Å². The fourth-order valence-corrected chi connectivity index (χ4v) is 6.24. The number of pyridine rings is 1. The van der Waals surface area contributed by atoms with Crippen LogP contribution in [0.2, 0.25) is 0 Å². The molecule has 1 saturated carbocycles. The number of benzene rings is 2. The average molecular weight is 592 g/mol. The van der Waals surface area contributed by atoms with Crippen LogP contribution >= 0.6 is 0 Å². The highest BCUT2D eigenvalue weighted by molar-refractivity contribution is 5.97. The Balaban J connectivity index is 1.11. The molecule has 4 aromatic rings. The minimum absolute atomic E-state index is 0.0193. The molecule has 4 N–H and O–H groups in total. The highest BCUT2D eigenvalue weighted by atomic mass is 19.1. The Labute approximate surface area is 254 Å². The van der Waals surface area contributed by atoms with Gasteiger partial charge in [0.2, 0.25) is 11.8 Å². The Morgan fingerprint density at radius 1 is 1.07 bits per heavy atom. The van der Waals surface area contributed by atoms with Gasteiger partial charge in [0.15, 0.2) is 0 Å². The SMILES string of the molecule is Nc1ccc(C2CC2C(=O)NCc2cc3cc(C4=CCC(C(=O)N5CCNCC5)C=C4)cc(-c4ccc(F)cc4)c3o2)cn1. The van der Waals surface area contributed by atoms with Crippen molar-refractivity contribution in [3.63, 3.8) is 0 Å². The molecule has 7 rings (SSSR count). The van der Waals surface area contributed by atoms with E-state index >= 15 is 0 Å². The van der Waals surface area contributed by atoms with Crippen LogP contribution in [0, 0.1) is 17.7 Å². The minimum Gasteiger partial charge on any atom is -0.459 e. The van der Waals surface area contributed by atoms with Gasteiger partial charge in [-0.15, -0.1) is 0 Å². The minimum atomic E-state index is -0.310. The van der Waals surface area contributed by atoms with Crippen LogP contribution < -0.4 is 16.4 Å². The second kappa shape index (κ2) is 11.7. The van der Waals surface area contributed by atoms with Crippen molar-refractivity contribution in [3.05, 3.63) is 102 Å². The van der Waals surface area contributed by atoms with E-state index in [4.69, 9.17) is 10.2 Å². The van der Waals surface area contributed by atoms with Crippen LogP contribution in [-0.2, 0) is 16.1 Å². The molecular weight excluding hydrogens is 557 g/mol. The van der Waals surface area contributed by atoms with Gasteiger partial charge in [0.05, 0.1) is 12.5 Å². The molecular formula is C35H34FN5O3. The number of carbonyl (C=O) groups excluding carboxylic acids is 2. The van der Waals surface area contributed by atoms with E-state index in [2.05, 4.69) is 27.8 Å². The number of aromatic nitrogens is 1. The van der Waals surface area contributed by atoms with Crippen LogP contribution in [0.3, 0.4) is 0 Å². The second-order valence-electron chi connectivity index (χ2n) is 11.8. The number of piperazine rings is 1. The van der Waals surface area contributed by atoms with E-state index in [0.717, 1.165) is 65.8 Å². The van der Waals surface area contributed by atoms with Gasteiger partial charge in [0, 0.05) is 49.2 Å². The van der Waals surface area contributed by atoms with E-state index < -0.39 is 0 Å². The molecule has 8 nitrogen and oxygen atoms in total. The molecule has 1 saturated heterocycles. The van der Waals surface area contributed by atoms with Crippen molar-refractivity contribution in [2.24, 2.45) is 11.8 Å². The molecule has 3 heterocycles. The fourth-order valence-electron chi connectivity index (χ4n) is 6.24. The Morgan fingerprint density at radius 3 is 2.61 bits per heavy atom. The first-order valence-corrected chi connectivity index (χ1v) is 15.1. The first-order valence-electron chi connectivity index (χ1n) is 15.1. The molecule has 9 heteroatoms. The molecule has 1 aliphatic heterocycles. The number of allylic oxidation sites excluding steroid dienone is 3. The van der Waals surface area contributed by atoms with Gasteiger partial charge in [-0.05, 0) is 77.4 Å². The monoisotopic (exact) mass is 591 g/mol. The quantitative estimate of drug-likeness (QED) is 0.278. The van der Waals surface area contributed by atoms with E-state index in [0.29, 0.717) is 23.6 Å². The largest absolute Gasteiger partial charge is 0.459 e. The van der Waals surface area contributed by atoms with Gasteiger partial charge in [0.1, 0.15) is 23.0 Å². The topological polar surface area (TPSA) is 113 Å². The summed E-state index contributed by atoms with van der Waals surface area (Å²) in [6, 6.07) is 16.1. The number of nitrogen functional groups attached to an aromatic ring is 1. The van der Waals surface area contributed by atoms with E-state index in [1.54, 1.807) is 24.4 Å². The van der Waals surface area contributed by atoms with E-state index in [9.17, 15) is 14.0 Å². The maximum atomic E-state index is 13.8. The predicted octanol–water partition coefficient (Wildman–Crippen LogP) is 5.03. The van der Waals surface area contributed by atoms with Crippen LogP contribution in [0.4, 0.5) is 10.2 Å². The summed E-state index contributed by atoms with van der Waals surface area (Å²) in [5.74, 6) is 0.825. The highest BCUT2D eigenvalue weighted by Gasteiger charge is 2.44. The number of anilines is 1. The van der Waals surface area contributed by atoms with Crippen molar-refractivity contribution in [2.75, 3.05) is 31.9 Å². The average Bonchev–Trinajstić information content (AvgIpc) is 3.75. The molecule has 0 bridgehead atoms. The molecule has 2 amide bonds. The number of carbonyl (C=O) groups is 2. The number of fused-ring (bicyclic) bond motifs is 1. The van der Waals surface area contributed by atoms with Crippen LogP contribution in [0.5, 0.6) is 0 Å². The summed E-state index contributed by atoms with van der Waals surface area (Å²) < 4.78 is 20.1. The fraction of sp³-hybridized carbons (Fsp3) is 0.286. The molecule has 2 aromatic heterocycles. The lowest BCUT2D eigenvalue weighted by Crippen LogP contribution is -2.48. The van der Waals surface area contributed by atoms with Gasteiger partial charge >= 0.3 is 0 Å². The Morgan fingerprint density at radius 2 is 1.89 bits per heavy atom. The van der Waals surface area contributed by atoms with Crippen LogP contribution in [0.25, 0.3) is 27.7 Å². The van der Waals surface area contributed by atoms with Crippen molar-refractivity contribution < 1.29 is 18.4 Å². The zero-order valence-electron chi connectivity index (χ0n) is 24.3. The van der Waals surface area contributed by atoms with E-state index in [1.807, 2.05) is 35.3 Å². The van der Waals surface area contributed by atoms with Gasteiger partial charge in [-0.25, -0.2) is 9.37 Å². The van der Waals surface area contributed by atoms with E-state index in [-0.39, 0.29) is 41.9 Å². The molecule has 2 aliphatic carbocycles. The van der Waals surface area contributed by atoms with Crippen LogP contribution in [-0.4, -0.2) is 47.9 Å². The number of halogens is 1. The third-order valence-electron chi connectivity index (χ3n) is 8.80. The zero-order chi connectivity index (χ0) is 30.2. The first kappa shape index (κ1) is 28.0. The number of hydrogen-bond acceptors (Lipinski definition) is 6. The molecule has 2 aromatic carbocycles. The summed E-state index contributed by atoms with van der Waals surface area (Å²) in [6.07, 6.45) is 9.29.